The van der Waals surface area contributed by atoms with Crippen molar-refractivity contribution in [3.05, 3.63) is 0 Å². The van der Waals surface area contributed by atoms with Gasteiger partial charge in [0.05, 0.1) is 25.4 Å². The summed E-state index contributed by atoms with van der Waals surface area (Å²) < 4.78 is 29.4. The van der Waals surface area contributed by atoms with Crippen LogP contribution in [0.4, 0.5) is 0 Å². The van der Waals surface area contributed by atoms with Crippen molar-refractivity contribution < 1.29 is 17.9 Å². The van der Waals surface area contributed by atoms with Crippen molar-refractivity contribution in [2.75, 3.05) is 39.1 Å². The van der Waals surface area contributed by atoms with E-state index in [4.69, 9.17) is 4.74 Å². The molecule has 7 nitrogen and oxygen atoms in total. The molecule has 2 unspecified atom stereocenters. The van der Waals surface area contributed by atoms with Gasteiger partial charge in [-0.3, -0.25) is 4.79 Å². The van der Waals surface area contributed by atoms with E-state index in [1.807, 2.05) is 0 Å². The normalized spacial score (nSPS) is 22.9. The van der Waals surface area contributed by atoms with Crippen LogP contribution in [0.1, 0.15) is 19.8 Å². The molecule has 3 N–H and O–H groups in total. The van der Waals surface area contributed by atoms with Gasteiger partial charge in [-0.2, -0.15) is 0 Å². The fourth-order valence-electron chi connectivity index (χ4n) is 2.03. The molecular formula is C12H25N3O4S. The standard InChI is InChI=1S/C12H25N3O4S/c1-3-5-13-11-9-19-8-10(11)12(16)14-6-4-7-15-20(2,17)18/h10-11,13,15H,3-9H2,1-2H3,(H,14,16). The second-order valence-corrected chi connectivity index (χ2v) is 6.85. The third-order valence-corrected chi connectivity index (χ3v) is 3.82. The van der Waals surface area contributed by atoms with E-state index in [1.54, 1.807) is 0 Å². The Morgan fingerprint density at radius 3 is 2.65 bits per heavy atom. The highest BCUT2D eigenvalue weighted by molar-refractivity contribution is 7.88. The zero-order valence-electron chi connectivity index (χ0n) is 12.1. The van der Waals surface area contributed by atoms with Gasteiger partial charge < -0.3 is 15.4 Å². The Hall–Kier alpha value is -0.700. The summed E-state index contributed by atoms with van der Waals surface area (Å²) in [4.78, 5) is 12.0. The number of amides is 1. The Bertz CT molecular complexity index is 400. The van der Waals surface area contributed by atoms with E-state index in [2.05, 4.69) is 22.3 Å². The predicted octanol–water partition coefficient (Wildman–Crippen LogP) is -0.943. The third-order valence-electron chi connectivity index (χ3n) is 3.09. The van der Waals surface area contributed by atoms with Gasteiger partial charge in [0, 0.05) is 19.1 Å². The van der Waals surface area contributed by atoms with Crippen LogP contribution in [0.15, 0.2) is 0 Å². The molecule has 1 saturated heterocycles. The van der Waals surface area contributed by atoms with Crippen molar-refractivity contribution >= 4 is 15.9 Å². The molecule has 20 heavy (non-hydrogen) atoms. The summed E-state index contributed by atoms with van der Waals surface area (Å²) >= 11 is 0. The van der Waals surface area contributed by atoms with Crippen LogP contribution in [0.3, 0.4) is 0 Å². The lowest BCUT2D eigenvalue weighted by atomic mass is 10.0. The Balaban J connectivity index is 2.21. The molecule has 1 amide bonds. The highest BCUT2D eigenvalue weighted by Gasteiger charge is 2.33. The van der Waals surface area contributed by atoms with Crippen LogP contribution in [-0.4, -0.2) is 59.5 Å². The summed E-state index contributed by atoms with van der Waals surface area (Å²) in [6, 6.07) is 0.0732. The van der Waals surface area contributed by atoms with E-state index in [0.717, 1.165) is 19.2 Å². The molecule has 0 radical (unpaired) electrons. The van der Waals surface area contributed by atoms with Crippen LogP contribution in [-0.2, 0) is 19.6 Å². The van der Waals surface area contributed by atoms with E-state index in [9.17, 15) is 13.2 Å². The van der Waals surface area contributed by atoms with Gasteiger partial charge in [-0.05, 0) is 19.4 Å². The minimum atomic E-state index is -3.15. The summed E-state index contributed by atoms with van der Waals surface area (Å²) in [7, 11) is -3.15. The number of carbonyl (C=O) groups excluding carboxylic acids is 1. The van der Waals surface area contributed by atoms with Gasteiger partial charge in [0.1, 0.15) is 0 Å². The fourth-order valence-corrected chi connectivity index (χ4v) is 2.55. The molecular weight excluding hydrogens is 282 g/mol. The molecule has 1 fully saturated rings. The van der Waals surface area contributed by atoms with Gasteiger partial charge in [-0.1, -0.05) is 6.92 Å². The van der Waals surface area contributed by atoms with Crippen LogP contribution in [0.5, 0.6) is 0 Å². The van der Waals surface area contributed by atoms with Gasteiger partial charge in [-0.15, -0.1) is 0 Å². The van der Waals surface area contributed by atoms with Gasteiger partial charge in [0.2, 0.25) is 15.9 Å². The fraction of sp³-hybridized carbons (Fsp3) is 0.917. The summed E-state index contributed by atoms with van der Waals surface area (Å²) in [6.07, 6.45) is 2.70. The molecule has 1 rings (SSSR count). The summed E-state index contributed by atoms with van der Waals surface area (Å²) in [5.74, 6) is -0.195. The SMILES string of the molecule is CCCNC1COCC1C(=O)NCCCNS(C)(=O)=O. The number of carbonyl (C=O) groups is 1. The van der Waals surface area contributed by atoms with Crippen LogP contribution in [0, 0.1) is 5.92 Å². The van der Waals surface area contributed by atoms with Gasteiger partial charge >= 0.3 is 0 Å². The van der Waals surface area contributed by atoms with Crippen molar-refractivity contribution in [3.8, 4) is 0 Å². The van der Waals surface area contributed by atoms with E-state index in [-0.39, 0.29) is 17.9 Å². The summed E-state index contributed by atoms with van der Waals surface area (Å²) in [6.45, 7) is 4.74. The second kappa shape index (κ2) is 8.56. The van der Waals surface area contributed by atoms with Crippen LogP contribution in [0.25, 0.3) is 0 Å². The smallest absolute Gasteiger partial charge is 0.227 e. The average molecular weight is 307 g/mol. The van der Waals surface area contributed by atoms with Crippen LogP contribution in [0.2, 0.25) is 0 Å². The number of hydrogen-bond donors (Lipinski definition) is 3. The monoisotopic (exact) mass is 307 g/mol. The van der Waals surface area contributed by atoms with E-state index in [1.165, 1.54) is 0 Å². The minimum Gasteiger partial charge on any atom is -0.379 e. The van der Waals surface area contributed by atoms with Crippen molar-refractivity contribution in [2.24, 2.45) is 5.92 Å². The number of sulfonamides is 1. The molecule has 118 valence electrons. The van der Waals surface area contributed by atoms with Crippen LogP contribution < -0.4 is 15.4 Å². The lowest BCUT2D eigenvalue weighted by Gasteiger charge is -2.18. The summed E-state index contributed by atoms with van der Waals surface area (Å²) in [5.41, 5.74) is 0. The topological polar surface area (TPSA) is 96.5 Å². The van der Waals surface area contributed by atoms with Crippen molar-refractivity contribution in [1.29, 1.82) is 0 Å². The van der Waals surface area contributed by atoms with E-state index in [0.29, 0.717) is 32.7 Å². The Labute approximate surface area is 120 Å². The predicted molar refractivity (Wildman–Crippen MR) is 76.9 cm³/mol. The first-order valence-electron chi connectivity index (χ1n) is 6.97. The van der Waals surface area contributed by atoms with Crippen LogP contribution >= 0.6 is 0 Å². The zero-order chi connectivity index (χ0) is 15.0. The number of ether oxygens (including phenoxy) is 1. The highest BCUT2D eigenvalue weighted by atomic mass is 32.2. The number of hydrogen-bond acceptors (Lipinski definition) is 5. The maximum absolute atomic E-state index is 12.0. The first-order valence-corrected chi connectivity index (χ1v) is 8.86. The molecule has 0 aromatic rings. The number of rotatable bonds is 9. The van der Waals surface area contributed by atoms with Gasteiger partial charge in [-0.25, -0.2) is 13.1 Å². The first-order chi connectivity index (χ1) is 9.44. The quantitative estimate of drug-likeness (QED) is 0.478. The molecule has 0 aliphatic carbocycles. The van der Waals surface area contributed by atoms with Crippen molar-refractivity contribution in [2.45, 2.75) is 25.8 Å². The lowest BCUT2D eigenvalue weighted by Crippen LogP contribution is -2.44. The molecule has 1 aliphatic heterocycles. The molecule has 2 atom stereocenters. The van der Waals surface area contributed by atoms with Gasteiger partial charge in [0.15, 0.2) is 0 Å². The third kappa shape index (κ3) is 6.65. The molecule has 0 aromatic heterocycles. The lowest BCUT2D eigenvalue weighted by molar-refractivity contribution is -0.125. The minimum absolute atomic E-state index is 0.0320. The highest BCUT2D eigenvalue weighted by Crippen LogP contribution is 2.13. The molecule has 1 heterocycles. The Morgan fingerprint density at radius 2 is 2.00 bits per heavy atom. The summed E-state index contributed by atoms with van der Waals surface area (Å²) in [5, 5.41) is 6.13. The zero-order valence-corrected chi connectivity index (χ0v) is 13.0. The molecule has 0 spiro atoms. The molecule has 0 saturated carbocycles. The largest absolute Gasteiger partial charge is 0.379 e. The molecule has 0 bridgehead atoms. The maximum atomic E-state index is 12.0. The first kappa shape index (κ1) is 17.4. The van der Waals surface area contributed by atoms with Gasteiger partial charge in [0.25, 0.3) is 0 Å². The Morgan fingerprint density at radius 1 is 1.25 bits per heavy atom. The molecule has 8 heteroatoms. The Kier molecular flexibility index (Phi) is 7.42. The molecule has 0 aromatic carbocycles. The maximum Gasteiger partial charge on any atom is 0.227 e. The number of nitrogens with one attached hydrogen (secondary N) is 3. The average Bonchev–Trinajstić information content (AvgIpc) is 2.82. The van der Waals surface area contributed by atoms with E-state index >= 15 is 0 Å². The van der Waals surface area contributed by atoms with Crippen molar-refractivity contribution in [1.82, 2.24) is 15.4 Å². The van der Waals surface area contributed by atoms with Crippen molar-refractivity contribution in [3.63, 3.8) is 0 Å². The second-order valence-electron chi connectivity index (χ2n) is 5.02. The van der Waals surface area contributed by atoms with E-state index < -0.39 is 10.0 Å². The molecule has 1 aliphatic rings.